The molecule has 4 aromatic rings. The number of rotatable bonds is 4. The lowest BCUT2D eigenvalue weighted by Gasteiger charge is -2.04. The molecule has 4 rings (SSSR count). The van der Waals surface area contributed by atoms with Crippen LogP contribution in [0, 0.1) is 6.92 Å². The monoisotopic (exact) mass is 319 g/mol. The Morgan fingerprint density at radius 1 is 1.17 bits per heavy atom. The van der Waals surface area contributed by atoms with Crippen LogP contribution in [0.3, 0.4) is 0 Å². The predicted molar refractivity (Wildman–Crippen MR) is 91.3 cm³/mol. The van der Waals surface area contributed by atoms with E-state index >= 15 is 0 Å². The Hall–Kier alpha value is -3.06. The molecule has 4 heterocycles. The number of aryl methyl sites for hydroxylation is 1. The first-order valence-electron chi connectivity index (χ1n) is 7.72. The molecule has 0 saturated heterocycles. The van der Waals surface area contributed by atoms with Crippen LogP contribution in [0.1, 0.15) is 11.5 Å². The first-order valence-corrected chi connectivity index (χ1v) is 7.72. The number of fused-ring (bicyclic) bond motifs is 1. The van der Waals surface area contributed by atoms with Gasteiger partial charge in [-0.3, -0.25) is 4.98 Å². The van der Waals surface area contributed by atoms with E-state index in [9.17, 15) is 0 Å². The van der Waals surface area contributed by atoms with E-state index < -0.39 is 0 Å². The van der Waals surface area contributed by atoms with Gasteiger partial charge < -0.3 is 10.3 Å². The molecule has 2 N–H and O–H groups in total. The van der Waals surface area contributed by atoms with Crippen LogP contribution >= 0.6 is 0 Å². The van der Waals surface area contributed by atoms with E-state index in [2.05, 4.69) is 25.4 Å². The van der Waals surface area contributed by atoms with Gasteiger partial charge in [-0.2, -0.15) is 5.10 Å². The number of nitrogens with one attached hydrogen (secondary N) is 2. The van der Waals surface area contributed by atoms with E-state index in [1.807, 2.05) is 50.5 Å². The Bertz CT molecular complexity index is 999. The smallest absolute Gasteiger partial charge is 0.155 e. The Balaban J connectivity index is 1.89. The summed E-state index contributed by atoms with van der Waals surface area (Å²) in [5.41, 5.74) is 5.37. The highest BCUT2D eigenvalue weighted by Gasteiger charge is 2.16. The zero-order chi connectivity index (χ0) is 16.5. The number of nitrogens with zero attached hydrogens (tertiary/aromatic N) is 5. The number of hydrogen-bond donors (Lipinski definition) is 2. The van der Waals surface area contributed by atoms with E-state index in [-0.39, 0.29) is 0 Å². The van der Waals surface area contributed by atoms with Crippen LogP contribution in [-0.2, 0) is 6.54 Å². The predicted octanol–water partition coefficient (Wildman–Crippen LogP) is 2.21. The van der Waals surface area contributed by atoms with Gasteiger partial charge in [0.15, 0.2) is 5.65 Å². The lowest BCUT2D eigenvalue weighted by molar-refractivity contribution is 0.772. The number of hydrogen-bond acceptors (Lipinski definition) is 5. The number of H-pyrrole nitrogens is 1. The second kappa shape index (κ2) is 5.86. The molecule has 0 unspecified atom stereocenters. The summed E-state index contributed by atoms with van der Waals surface area (Å²) in [5.74, 6) is 0.865. The van der Waals surface area contributed by atoms with Crippen molar-refractivity contribution < 1.29 is 0 Å². The van der Waals surface area contributed by atoms with Gasteiger partial charge in [0.2, 0.25) is 0 Å². The van der Waals surface area contributed by atoms with Crippen molar-refractivity contribution in [3.63, 3.8) is 0 Å². The molecule has 120 valence electrons. The molecular formula is C17H17N7. The molecule has 0 aromatic carbocycles. The fourth-order valence-corrected chi connectivity index (χ4v) is 2.71. The zero-order valence-corrected chi connectivity index (χ0v) is 13.5. The van der Waals surface area contributed by atoms with Gasteiger partial charge in [0.1, 0.15) is 12.2 Å². The third kappa shape index (κ3) is 2.55. The summed E-state index contributed by atoms with van der Waals surface area (Å²) in [4.78, 5) is 16.9. The summed E-state index contributed by atoms with van der Waals surface area (Å²) in [6, 6.07) is 9.90. The summed E-state index contributed by atoms with van der Waals surface area (Å²) in [5, 5.41) is 7.33. The molecule has 0 spiro atoms. The summed E-state index contributed by atoms with van der Waals surface area (Å²) >= 11 is 0. The number of pyridine rings is 2. The lowest BCUT2D eigenvalue weighted by atomic mass is 10.1. The van der Waals surface area contributed by atoms with Gasteiger partial charge >= 0.3 is 0 Å². The van der Waals surface area contributed by atoms with Gasteiger partial charge in [-0.25, -0.2) is 14.5 Å². The third-order valence-electron chi connectivity index (χ3n) is 3.79. The third-order valence-corrected chi connectivity index (χ3v) is 3.79. The molecule has 0 amide bonds. The van der Waals surface area contributed by atoms with E-state index in [1.54, 1.807) is 10.8 Å². The van der Waals surface area contributed by atoms with E-state index in [0.29, 0.717) is 6.54 Å². The summed E-state index contributed by atoms with van der Waals surface area (Å²) in [6.45, 7) is 2.64. The lowest BCUT2D eigenvalue weighted by Crippen LogP contribution is -2.06. The van der Waals surface area contributed by atoms with Gasteiger partial charge in [-0.1, -0.05) is 6.07 Å². The van der Waals surface area contributed by atoms with Gasteiger partial charge in [-0.05, 0) is 38.2 Å². The minimum atomic E-state index is 0.657. The minimum absolute atomic E-state index is 0.657. The molecule has 0 fully saturated rings. The van der Waals surface area contributed by atoms with Crippen LogP contribution in [0.4, 0.5) is 0 Å². The first kappa shape index (κ1) is 14.5. The molecule has 24 heavy (non-hydrogen) atoms. The molecule has 4 aromatic heterocycles. The number of aromatic nitrogens is 6. The Labute approximate surface area is 138 Å². The highest BCUT2D eigenvalue weighted by Crippen LogP contribution is 2.29. The van der Waals surface area contributed by atoms with Crippen LogP contribution in [0.2, 0.25) is 0 Å². The largest absolute Gasteiger partial charge is 0.339 e. The molecule has 0 radical (unpaired) electrons. The second-order valence-corrected chi connectivity index (χ2v) is 5.58. The molecule has 7 nitrogen and oxygen atoms in total. The first-order chi connectivity index (χ1) is 11.7. The van der Waals surface area contributed by atoms with Crippen molar-refractivity contribution in [3.8, 4) is 22.6 Å². The zero-order valence-electron chi connectivity index (χ0n) is 13.5. The maximum Gasteiger partial charge on any atom is 0.155 e. The quantitative estimate of drug-likeness (QED) is 0.602. The van der Waals surface area contributed by atoms with Crippen LogP contribution in [0.15, 0.2) is 42.9 Å². The van der Waals surface area contributed by atoms with Crippen molar-refractivity contribution in [2.24, 2.45) is 0 Å². The average Bonchev–Trinajstić information content (AvgIpc) is 3.21. The van der Waals surface area contributed by atoms with Gasteiger partial charge in [-0.15, -0.1) is 0 Å². The maximum absolute atomic E-state index is 4.75. The van der Waals surface area contributed by atoms with Crippen molar-refractivity contribution in [2.75, 3.05) is 7.05 Å². The molecule has 0 aliphatic rings. The normalized spacial score (nSPS) is 11.2. The molecule has 0 saturated carbocycles. The molecule has 0 aliphatic carbocycles. The van der Waals surface area contributed by atoms with Crippen LogP contribution in [0.25, 0.3) is 28.3 Å². The molecule has 0 aliphatic heterocycles. The van der Waals surface area contributed by atoms with Crippen molar-refractivity contribution >= 4 is 5.65 Å². The van der Waals surface area contributed by atoms with E-state index in [1.165, 1.54) is 0 Å². The van der Waals surface area contributed by atoms with E-state index in [0.717, 1.165) is 39.8 Å². The topological polar surface area (TPSA) is 83.8 Å². The fourth-order valence-electron chi connectivity index (χ4n) is 2.71. The van der Waals surface area contributed by atoms with Gasteiger partial charge in [0, 0.05) is 17.5 Å². The van der Waals surface area contributed by atoms with Crippen molar-refractivity contribution in [3.05, 3.63) is 54.4 Å². The minimum Gasteiger partial charge on any atom is -0.339 e. The van der Waals surface area contributed by atoms with Crippen molar-refractivity contribution in [1.29, 1.82) is 0 Å². The summed E-state index contributed by atoms with van der Waals surface area (Å²) in [6.07, 6.45) is 3.47. The SMILES string of the molecule is CNCc1nc(-c2ccc3ncnn3c2)c(-c2cccc(C)n2)[nH]1. The molecule has 0 bridgehead atoms. The standard InChI is InChI=1S/C17H17N7/c1-11-4-3-5-13(21-11)17-16(22-14(23-17)8-18-2)12-6-7-15-19-10-20-24(15)9-12/h3-7,9-10,18H,8H2,1-2H3,(H,22,23). The number of imidazole rings is 1. The van der Waals surface area contributed by atoms with Gasteiger partial charge in [0.05, 0.1) is 23.6 Å². The van der Waals surface area contributed by atoms with Crippen molar-refractivity contribution in [1.82, 2.24) is 34.9 Å². The fraction of sp³-hybridized carbons (Fsp3) is 0.176. The number of aromatic amines is 1. The van der Waals surface area contributed by atoms with Crippen molar-refractivity contribution in [2.45, 2.75) is 13.5 Å². The maximum atomic E-state index is 4.75. The highest BCUT2D eigenvalue weighted by molar-refractivity contribution is 5.77. The van der Waals surface area contributed by atoms with E-state index in [4.69, 9.17) is 4.98 Å². The molecular weight excluding hydrogens is 302 g/mol. The Morgan fingerprint density at radius 3 is 2.92 bits per heavy atom. The average molecular weight is 319 g/mol. The van der Waals surface area contributed by atoms with Gasteiger partial charge in [0.25, 0.3) is 0 Å². The summed E-state index contributed by atoms with van der Waals surface area (Å²) in [7, 11) is 1.90. The Morgan fingerprint density at radius 2 is 2.08 bits per heavy atom. The summed E-state index contributed by atoms with van der Waals surface area (Å²) < 4.78 is 1.75. The van der Waals surface area contributed by atoms with Crippen LogP contribution < -0.4 is 5.32 Å². The van der Waals surface area contributed by atoms with Crippen LogP contribution in [0.5, 0.6) is 0 Å². The Kier molecular flexibility index (Phi) is 3.55. The second-order valence-electron chi connectivity index (χ2n) is 5.58. The molecule has 7 heteroatoms. The molecule has 0 atom stereocenters. The van der Waals surface area contributed by atoms with Crippen LogP contribution in [-0.4, -0.2) is 36.6 Å². The highest BCUT2D eigenvalue weighted by atomic mass is 15.3.